The van der Waals surface area contributed by atoms with E-state index in [1.54, 1.807) is 54.6 Å². The lowest BCUT2D eigenvalue weighted by Gasteiger charge is -2.13. The van der Waals surface area contributed by atoms with Crippen LogP contribution in [0.2, 0.25) is 0 Å². The molecule has 0 amide bonds. The average molecular weight is 432 g/mol. The number of nitrogens with one attached hydrogen (secondary N) is 2. The molecule has 0 saturated heterocycles. The van der Waals surface area contributed by atoms with E-state index in [4.69, 9.17) is 5.73 Å². The zero-order valence-electron chi connectivity index (χ0n) is 14.0. The van der Waals surface area contributed by atoms with Crippen LogP contribution in [0.25, 0.3) is 0 Å². The molecule has 0 fully saturated rings. The minimum Gasteiger partial charge on any atom is -0.397 e. The summed E-state index contributed by atoms with van der Waals surface area (Å²) in [5.74, 6) is 0. The number of anilines is 4. The summed E-state index contributed by atoms with van der Waals surface area (Å²) in [6, 6.07) is 19.0. The highest BCUT2D eigenvalue weighted by Crippen LogP contribution is 2.31. The monoisotopic (exact) mass is 431 g/mol. The van der Waals surface area contributed by atoms with Gasteiger partial charge in [-0.3, -0.25) is 4.72 Å². The van der Waals surface area contributed by atoms with Crippen molar-refractivity contribution in [2.24, 2.45) is 0 Å². The molecule has 3 aromatic carbocycles. The van der Waals surface area contributed by atoms with Crippen LogP contribution in [0.5, 0.6) is 0 Å². The van der Waals surface area contributed by atoms with E-state index in [1.165, 1.54) is 0 Å². The lowest BCUT2D eigenvalue weighted by molar-refractivity contribution is 0.601. The second kappa shape index (κ2) is 7.39. The van der Waals surface area contributed by atoms with Gasteiger partial charge in [-0.2, -0.15) is 0 Å². The van der Waals surface area contributed by atoms with E-state index in [-0.39, 0.29) is 4.90 Å². The van der Waals surface area contributed by atoms with Crippen LogP contribution in [0.3, 0.4) is 0 Å². The first-order valence-electron chi connectivity index (χ1n) is 7.86. The molecule has 3 rings (SSSR count). The summed E-state index contributed by atoms with van der Waals surface area (Å²) in [7, 11) is -3.60. The molecule has 0 aliphatic carbocycles. The second-order valence-corrected chi connectivity index (χ2v) is 8.29. The number of rotatable bonds is 5. The molecule has 134 valence electrons. The minimum atomic E-state index is -3.60. The first-order valence-corrected chi connectivity index (χ1v) is 10.1. The van der Waals surface area contributed by atoms with E-state index in [0.29, 0.717) is 11.4 Å². The minimum absolute atomic E-state index is 0.223. The van der Waals surface area contributed by atoms with Crippen molar-refractivity contribution < 1.29 is 8.42 Å². The molecule has 4 N–H and O–H groups in total. The second-order valence-electron chi connectivity index (χ2n) is 5.75. The molecule has 3 aromatic rings. The predicted octanol–water partition coefficient (Wildman–Crippen LogP) is 4.88. The summed E-state index contributed by atoms with van der Waals surface area (Å²) in [5, 5.41) is 3.24. The van der Waals surface area contributed by atoms with Gasteiger partial charge in [0.05, 0.1) is 16.3 Å². The van der Waals surface area contributed by atoms with Crippen molar-refractivity contribution >= 4 is 48.7 Å². The molecule has 0 unspecified atom stereocenters. The largest absolute Gasteiger partial charge is 0.397 e. The standard InChI is InChI=1S/C19H18BrN3O2S/c1-13-17(20)11-12-18(19(13)21)22-14-7-9-15(10-8-14)23-26(24,25)16-5-3-2-4-6-16/h2-12,22-23H,21H2,1H3. The maximum absolute atomic E-state index is 12.3. The summed E-state index contributed by atoms with van der Waals surface area (Å²) in [5.41, 5.74) is 9.83. The van der Waals surface area contributed by atoms with Crippen LogP contribution in [-0.2, 0) is 10.0 Å². The first kappa shape index (κ1) is 18.3. The van der Waals surface area contributed by atoms with Crippen LogP contribution in [0.1, 0.15) is 5.56 Å². The third-order valence-corrected chi connectivity index (χ3v) is 6.17. The van der Waals surface area contributed by atoms with Crippen molar-refractivity contribution in [2.45, 2.75) is 11.8 Å². The summed E-state index contributed by atoms with van der Waals surface area (Å²) in [6.07, 6.45) is 0. The van der Waals surface area contributed by atoms with E-state index in [1.807, 2.05) is 19.1 Å². The average Bonchev–Trinajstić information content (AvgIpc) is 2.64. The lowest BCUT2D eigenvalue weighted by Crippen LogP contribution is -2.12. The fourth-order valence-corrected chi connectivity index (χ4v) is 3.83. The number of sulfonamides is 1. The van der Waals surface area contributed by atoms with Gasteiger partial charge in [-0.25, -0.2) is 8.42 Å². The molecule has 0 bridgehead atoms. The molecular formula is C19H18BrN3O2S. The van der Waals surface area contributed by atoms with Gasteiger partial charge in [-0.1, -0.05) is 34.1 Å². The van der Waals surface area contributed by atoms with Gasteiger partial charge in [0.15, 0.2) is 0 Å². The van der Waals surface area contributed by atoms with Crippen LogP contribution < -0.4 is 15.8 Å². The Hall–Kier alpha value is -2.51. The van der Waals surface area contributed by atoms with Crippen molar-refractivity contribution in [3.63, 3.8) is 0 Å². The van der Waals surface area contributed by atoms with Gasteiger partial charge in [0.1, 0.15) is 0 Å². The van der Waals surface area contributed by atoms with E-state index >= 15 is 0 Å². The fraction of sp³-hybridized carbons (Fsp3) is 0.0526. The van der Waals surface area contributed by atoms with E-state index in [0.717, 1.165) is 21.4 Å². The lowest BCUT2D eigenvalue weighted by atomic mass is 10.1. The summed E-state index contributed by atoms with van der Waals surface area (Å²) < 4.78 is 28.2. The number of benzene rings is 3. The summed E-state index contributed by atoms with van der Waals surface area (Å²) >= 11 is 3.45. The number of nitrogen functional groups attached to an aromatic ring is 1. The maximum Gasteiger partial charge on any atom is 0.261 e. The van der Waals surface area contributed by atoms with Gasteiger partial charge in [0.2, 0.25) is 0 Å². The predicted molar refractivity (Wildman–Crippen MR) is 110 cm³/mol. The van der Waals surface area contributed by atoms with Gasteiger partial charge in [-0.05, 0) is 61.0 Å². The number of halogens is 1. The summed E-state index contributed by atoms with van der Waals surface area (Å²) in [6.45, 7) is 1.94. The topological polar surface area (TPSA) is 84.2 Å². The van der Waals surface area contributed by atoms with Gasteiger partial charge < -0.3 is 11.1 Å². The Morgan fingerprint density at radius 2 is 1.50 bits per heavy atom. The zero-order valence-corrected chi connectivity index (χ0v) is 16.4. The van der Waals surface area contributed by atoms with Crippen molar-refractivity contribution in [3.8, 4) is 0 Å². The normalized spacial score (nSPS) is 11.2. The first-order chi connectivity index (χ1) is 12.4. The summed E-state index contributed by atoms with van der Waals surface area (Å²) in [4.78, 5) is 0.223. The molecular weight excluding hydrogens is 414 g/mol. The molecule has 0 atom stereocenters. The molecule has 26 heavy (non-hydrogen) atoms. The highest BCUT2D eigenvalue weighted by molar-refractivity contribution is 9.10. The van der Waals surface area contributed by atoms with Crippen LogP contribution in [0.4, 0.5) is 22.7 Å². The van der Waals surface area contributed by atoms with E-state index in [2.05, 4.69) is 26.0 Å². The quantitative estimate of drug-likeness (QED) is 0.502. The van der Waals surface area contributed by atoms with Gasteiger partial charge in [-0.15, -0.1) is 0 Å². The molecule has 0 aliphatic heterocycles. The zero-order chi connectivity index (χ0) is 18.7. The Balaban J connectivity index is 1.76. The van der Waals surface area contributed by atoms with Crippen molar-refractivity contribution in [2.75, 3.05) is 15.8 Å². The van der Waals surface area contributed by atoms with E-state index in [9.17, 15) is 8.42 Å². The third kappa shape index (κ3) is 4.00. The number of nitrogens with two attached hydrogens (primary N) is 1. The van der Waals surface area contributed by atoms with Crippen molar-refractivity contribution in [3.05, 3.63) is 76.8 Å². The SMILES string of the molecule is Cc1c(Br)ccc(Nc2ccc(NS(=O)(=O)c3ccccc3)cc2)c1N. The third-order valence-electron chi connectivity index (χ3n) is 3.92. The highest BCUT2D eigenvalue weighted by Gasteiger charge is 2.13. The van der Waals surface area contributed by atoms with Crippen molar-refractivity contribution in [1.82, 2.24) is 0 Å². The molecule has 0 saturated carbocycles. The Labute approximate surface area is 161 Å². The number of hydrogen-bond donors (Lipinski definition) is 3. The Bertz CT molecular complexity index is 1020. The molecule has 0 radical (unpaired) electrons. The van der Waals surface area contributed by atoms with Crippen LogP contribution in [0.15, 0.2) is 76.1 Å². The molecule has 0 aliphatic rings. The van der Waals surface area contributed by atoms with Crippen LogP contribution in [0, 0.1) is 6.92 Å². The van der Waals surface area contributed by atoms with Crippen LogP contribution in [-0.4, -0.2) is 8.42 Å². The van der Waals surface area contributed by atoms with Gasteiger partial charge in [0.25, 0.3) is 10.0 Å². The molecule has 0 aromatic heterocycles. The Morgan fingerprint density at radius 1 is 0.885 bits per heavy atom. The Kier molecular flexibility index (Phi) is 5.20. The van der Waals surface area contributed by atoms with Gasteiger partial charge in [0, 0.05) is 15.8 Å². The molecule has 5 nitrogen and oxygen atoms in total. The van der Waals surface area contributed by atoms with E-state index < -0.39 is 10.0 Å². The molecule has 0 heterocycles. The molecule has 0 spiro atoms. The van der Waals surface area contributed by atoms with Crippen molar-refractivity contribution in [1.29, 1.82) is 0 Å². The maximum atomic E-state index is 12.3. The molecule has 7 heteroatoms. The highest BCUT2D eigenvalue weighted by atomic mass is 79.9. The fourth-order valence-electron chi connectivity index (χ4n) is 2.40. The number of hydrogen-bond acceptors (Lipinski definition) is 4. The Morgan fingerprint density at radius 3 is 2.15 bits per heavy atom. The van der Waals surface area contributed by atoms with Crippen LogP contribution >= 0.6 is 15.9 Å². The van der Waals surface area contributed by atoms with Gasteiger partial charge >= 0.3 is 0 Å². The smallest absolute Gasteiger partial charge is 0.261 e.